The van der Waals surface area contributed by atoms with Crippen LogP contribution >= 0.6 is 0 Å². The summed E-state index contributed by atoms with van der Waals surface area (Å²) < 4.78 is 32.8. The van der Waals surface area contributed by atoms with Gasteiger partial charge >= 0.3 is 0 Å². The molecular weight excluding hydrogens is 374 g/mol. The molecule has 6 nitrogen and oxygen atoms in total. The third kappa shape index (κ3) is 5.34. The maximum atomic E-state index is 12.5. The number of fused-ring (bicyclic) bond motifs is 1. The van der Waals surface area contributed by atoms with Crippen LogP contribution in [0.5, 0.6) is 5.75 Å². The summed E-state index contributed by atoms with van der Waals surface area (Å²) in [4.78, 5) is 5.40. The molecule has 0 fully saturated rings. The SMILES string of the molecule is COc1ccc(CNS(=O)(=O)Cc2ccc3[nH]cc(CCN(C)C)c3c2)cc1. The zero-order chi connectivity index (χ0) is 20.1. The number of rotatable bonds is 9. The van der Waals surface area contributed by atoms with E-state index in [9.17, 15) is 8.42 Å². The number of H-pyrrole nitrogens is 1. The molecule has 2 N–H and O–H groups in total. The Morgan fingerprint density at radius 1 is 1.07 bits per heavy atom. The van der Waals surface area contributed by atoms with E-state index in [1.54, 1.807) is 7.11 Å². The Kier molecular flexibility index (Phi) is 6.39. The average Bonchev–Trinajstić information content (AvgIpc) is 3.07. The first-order valence-corrected chi connectivity index (χ1v) is 10.9. The largest absolute Gasteiger partial charge is 0.497 e. The standard InChI is InChI=1S/C21H27N3O3S/c1-24(2)11-10-18-14-22-21-9-6-17(12-20(18)21)15-28(25,26)23-13-16-4-7-19(27-3)8-5-16/h4-9,12,14,22-23H,10-11,13,15H2,1-3H3. The molecule has 1 aromatic heterocycles. The molecule has 1 heterocycles. The van der Waals surface area contributed by atoms with Gasteiger partial charge in [0, 0.05) is 30.2 Å². The van der Waals surface area contributed by atoms with Gasteiger partial charge in [0.05, 0.1) is 12.9 Å². The molecule has 28 heavy (non-hydrogen) atoms. The van der Waals surface area contributed by atoms with Gasteiger partial charge < -0.3 is 14.6 Å². The first-order chi connectivity index (χ1) is 13.4. The molecule has 0 saturated heterocycles. The van der Waals surface area contributed by atoms with Crippen molar-refractivity contribution in [1.82, 2.24) is 14.6 Å². The first kappa shape index (κ1) is 20.4. The van der Waals surface area contributed by atoms with Crippen LogP contribution in [0, 0.1) is 0 Å². The van der Waals surface area contributed by atoms with Crippen LogP contribution in [0.1, 0.15) is 16.7 Å². The zero-order valence-corrected chi connectivity index (χ0v) is 17.3. The van der Waals surface area contributed by atoms with Crippen LogP contribution in [0.15, 0.2) is 48.7 Å². The van der Waals surface area contributed by atoms with E-state index in [4.69, 9.17) is 4.74 Å². The number of aromatic nitrogens is 1. The highest BCUT2D eigenvalue weighted by atomic mass is 32.2. The van der Waals surface area contributed by atoms with Crippen molar-refractivity contribution in [1.29, 1.82) is 0 Å². The van der Waals surface area contributed by atoms with Crippen LogP contribution in [-0.4, -0.2) is 46.1 Å². The van der Waals surface area contributed by atoms with E-state index in [1.807, 2.05) is 62.8 Å². The number of likely N-dealkylation sites (N-methyl/N-ethyl adjacent to an activating group) is 1. The minimum absolute atomic E-state index is 0.0443. The summed E-state index contributed by atoms with van der Waals surface area (Å²) in [6.45, 7) is 1.20. The Balaban J connectivity index is 1.68. The Labute approximate surface area is 166 Å². The fraction of sp³-hybridized carbons (Fsp3) is 0.333. The Morgan fingerprint density at radius 3 is 2.46 bits per heavy atom. The number of hydrogen-bond acceptors (Lipinski definition) is 4. The van der Waals surface area contributed by atoms with E-state index in [0.29, 0.717) is 0 Å². The number of methoxy groups -OCH3 is 1. The minimum Gasteiger partial charge on any atom is -0.497 e. The van der Waals surface area contributed by atoms with Crippen molar-refractivity contribution in [3.63, 3.8) is 0 Å². The van der Waals surface area contributed by atoms with E-state index in [1.165, 1.54) is 5.56 Å². The van der Waals surface area contributed by atoms with E-state index < -0.39 is 10.0 Å². The van der Waals surface area contributed by atoms with Gasteiger partial charge in [0.15, 0.2) is 0 Å². The zero-order valence-electron chi connectivity index (χ0n) is 16.5. The highest BCUT2D eigenvalue weighted by molar-refractivity contribution is 7.88. The lowest BCUT2D eigenvalue weighted by molar-refractivity contribution is 0.414. The highest BCUT2D eigenvalue weighted by Gasteiger charge is 2.13. The van der Waals surface area contributed by atoms with Gasteiger partial charge in [-0.2, -0.15) is 0 Å². The second kappa shape index (κ2) is 8.77. The van der Waals surface area contributed by atoms with E-state index in [0.717, 1.165) is 40.7 Å². The van der Waals surface area contributed by atoms with Crippen LogP contribution in [0.3, 0.4) is 0 Å². The number of nitrogens with zero attached hydrogens (tertiary/aromatic N) is 1. The molecule has 0 saturated carbocycles. The number of ether oxygens (including phenoxy) is 1. The van der Waals surface area contributed by atoms with Gasteiger partial charge in [-0.15, -0.1) is 0 Å². The molecule has 0 aliphatic rings. The molecule has 0 radical (unpaired) electrons. The molecular formula is C21H27N3O3S. The fourth-order valence-electron chi connectivity index (χ4n) is 3.07. The van der Waals surface area contributed by atoms with Crippen molar-refractivity contribution < 1.29 is 13.2 Å². The normalized spacial score (nSPS) is 12.0. The van der Waals surface area contributed by atoms with Crippen LogP contribution in [0.2, 0.25) is 0 Å². The number of sulfonamides is 1. The van der Waals surface area contributed by atoms with Gasteiger partial charge in [-0.3, -0.25) is 0 Å². The molecule has 0 aliphatic carbocycles. The molecule has 0 spiro atoms. The summed E-state index contributed by atoms with van der Waals surface area (Å²) in [7, 11) is 2.25. The quantitative estimate of drug-likeness (QED) is 0.578. The van der Waals surface area contributed by atoms with Crippen molar-refractivity contribution in [2.24, 2.45) is 0 Å². The van der Waals surface area contributed by atoms with Gasteiger partial charge in [0.1, 0.15) is 5.75 Å². The number of benzene rings is 2. The lowest BCUT2D eigenvalue weighted by Gasteiger charge is -2.09. The Morgan fingerprint density at radius 2 is 1.79 bits per heavy atom. The number of nitrogens with one attached hydrogen (secondary N) is 2. The van der Waals surface area contributed by atoms with Gasteiger partial charge in [0.25, 0.3) is 0 Å². The molecule has 2 aromatic carbocycles. The van der Waals surface area contributed by atoms with Crippen molar-refractivity contribution in [3.05, 3.63) is 65.4 Å². The third-order valence-corrected chi connectivity index (χ3v) is 5.97. The van der Waals surface area contributed by atoms with Crippen LogP contribution in [0.4, 0.5) is 0 Å². The lowest BCUT2D eigenvalue weighted by atomic mass is 10.1. The predicted octanol–water partition coefficient (Wildman–Crippen LogP) is 2.90. The van der Waals surface area contributed by atoms with Crippen molar-refractivity contribution in [2.45, 2.75) is 18.7 Å². The maximum Gasteiger partial charge on any atom is 0.216 e. The molecule has 3 rings (SSSR count). The summed E-state index contributed by atoms with van der Waals surface area (Å²) in [5.74, 6) is 0.702. The van der Waals surface area contributed by atoms with Crippen molar-refractivity contribution in [3.8, 4) is 5.75 Å². The minimum atomic E-state index is -3.44. The molecule has 0 atom stereocenters. The second-order valence-corrected chi connectivity index (χ2v) is 8.98. The molecule has 3 aromatic rings. The fourth-order valence-corrected chi connectivity index (χ4v) is 4.18. The van der Waals surface area contributed by atoms with Crippen molar-refractivity contribution >= 4 is 20.9 Å². The summed E-state index contributed by atoms with van der Waals surface area (Å²) in [6.07, 6.45) is 2.92. The van der Waals surface area contributed by atoms with Crippen LogP contribution in [-0.2, 0) is 28.7 Å². The van der Waals surface area contributed by atoms with Crippen LogP contribution < -0.4 is 9.46 Å². The highest BCUT2D eigenvalue weighted by Crippen LogP contribution is 2.21. The number of aromatic amines is 1. The summed E-state index contributed by atoms with van der Waals surface area (Å²) in [5, 5.41) is 1.09. The molecule has 0 amide bonds. The van der Waals surface area contributed by atoms with Gasteiger partial charge in [-0.1, -0.05) is 18.2 Å². The second-order valence-electron chi connectivity index (χ2n) is 7.18. The van der Waals surface area contributed by atoms with E-state index >= 15 is 0 Å². The molecule has 0 unspecified atom stereocenters. The average molecular weight is 402 g/mol. The monoisotopic (exact) mass is 401 g/mol. The summed E-state index contributed by atoms with van der Waals surface area (Å²) >= 11 is 0. The summed E-state index contributed by atoms with van der Waals surface area (Å²) in [6, 6.07) is 13.1. The van der Waals surface area contributed by atoms with Crippen LogP contribution in [0.25, 0.3) is 10.9 Å². The summed E-state index contributed by atoms with van der Waals surface area (Å²) in [5.41, 5.74) is 3.90. The number of hydrogen-bond donors (Lipinski definition) is 2. The lowest BCUT2D eigenvalue weighted by Crippen LogP contribution is -2.24. The molecule has 7 heteroatoms. The van der Waals surface area contributed by atoms with E-state index in [2.05, 4.69) is 14.6 Å². The maximum absolute atomic E-state index is 12.5. The van der Waals surface area contributed by atoms with Gasteiger partial charge in [-0.05, 0) is 61.5 Å². The smallest absolute Gasteiger partial charge is 0.216 e. The van der Waals surface area contributed by atoms with Gasteiger partial charge in [-0.25, -0.2) is 13.1 Å². The topological polar surface area (TPSA) is 74.4 Å². The Bertz CT molecular complexity index is 1020. The van der Waals surface area contributed by atoms with Gasteiger partial charge in [0.2, 0.25) is 10.0 Å². The molecule has 150 valence electrons. The third-order valence-electron chi connectivity index (χ3n) is 4.67. The first-order valence-electron chi connectivity index (χ1n) is 9.20. The molecule has 0 bridgehead atoms. The van der Waals surface area contributed by atoms with E-state index in [-0.39, 0.29) is 12.3 Å². The Hall–Kier alpha value is -2.35. The molecule has 0 aliphatic heterocycles. The predicted molar refractivity (Wildman–Crippen MR) is 113 cm³/mol. The van der Waals surface area contributed by atoms with Crippen molar-refractivity contribution in [2.75, 3.05) is 27.7 Å².